The number of alkyl halides is 3. The molecule has 2 rings (SSSR count). The van der Waals surface area contributed by atoms with Crippen LogP contribution in [0.2, 0.25) is 5.15 Å². The normalized spacial score (nSPS) is 20.4. The highest BCUT2D eigenvalue weighted by atomic mass is 35.5. The molecule has 1 aliphatic rings. The molecule has 0 saturated carbocycles. The van der Waals surface area contributed by atoms with Crippen LogP contribution >= 0.6 is 11.6 Å². The van der Waals surface area contributed by atoms with E-state index in [1.807, 2.05) is 7.05 Å². The van der Waals surface area contributed by atoms with E-state index in [-0.39, 0.29) is 11.0 Å². The standard InChI is InChI=1S/C12H16ClF3N4/c1-19-5-3-4-8(19)7-20(2)10-6-9(13)17-11(18-10)12(14,15)16/h6,8H,3-5,7H2,1-2H3. The number of halogens is 4. The Bertz CT molecular complexity index is 480. The summed E-state index contributed by atoms with van der Waals surface area (Å²) in [5, 5.41) is -0.200. The first-order chi connectivity index (χ1) is 9.27. The van der Waals surface area contributed by atoms with Gasteiger partial charge in [0, 0.05) is 25.7 Å². The molecule has 4 nitrogen and oxygen atoms in total. The third-order valence-corrected chi connectivity index (χ3v) is 3.68. The zero-order chi connectivity index (χ0) is 14.9. The predicted octanol–water partition coefficient (Wildman–Crippen LogP) is 2.68. The van der Waals surface area contributed by atoms with Gasteiger partial charge in [-0.3, -0.25) is 0 Å². The lowest BCUT2D eigenvalue weighted by molar-refractivity contribution is -0.144. The molecule has 0 bridgehead atoms. The van der Waals surface area contributed by atoms with Gasteiger partial charge in [0.25, 0.3) is 0 Å². The van der Waals surface area contributed by atoms with Gasteiger partial charge in [-0.15, -0.1) is 0 Å². The largest absolute Gasteiger partial charge is 0.451 e. The number of nitrogens with zero attached hydrogens (tertiary/aromatic N) is 4. The third kappa shape index (κ3) is 3.52. The van der Waals surface area contributed by atoms with Crippen molar-refractivity contribution in [2.75, 3.05) is 32.1 Å². The van der Waals surface area contributed by atoms with Crippen LogP contribution in [-0.4, -0.2) is 48.1 Å². The monoisotopic (exact) mass is 308 g/mol. The highest BCUT2D eigenvalue weighted by Crippen LogP contribution is 2.29. The fourth-order valence-corrected chi connectivity index (χ4v) is 2.53. The summed E-state index contributed by atoms with van der Waals surface area (Å²) >= 11 is 5.66. The quantitative estimate of drug-likeness (QED) is 0.804. The van der Waals surface area contributed by atoms with Gasteiger partial charge in [-0.1, -0.05) is 11.6 Å². The Morgan fingerprint density at radius 1 is 1.45 bits per heavy atom. The third-order valence-electron chi connectivity index (χ3n) is 3.48. The SMILES string of the molecule is CN(CC1CCCN1C)c1cc(Cl)nc(C(F)(F)F)n1. The molecule has 0 spiro atoms. The van der Waals surface area contributed by atoms with Gasteiger partial charge in [0.05, 0.1) is 0 Å². The summed E-state index contributed by atoms with van der Waals surface area (Å²) in [4.78, 5) is 10.7. The van der Waals surface area contributed by atoms with Crippen LogP contribution in [-0.2, 0) is 6.18 Å². The number of hydrogen-bond acceptors (Lipinski definition) is 4. The van der Waals surface area contributed by atoms with Gasteiger partial charge in [-0.05, 0) is 26.4 Å². The van der Waals surface area contributed by atoms with E-state index in [1.165, 1.54) is 6.07 Å². The van der Waals surface area contributed by atoms with Crippen molar-refractivity contribution >= 4 is 17.4 Å². The second-order valence-electron chi connectivity index (χ2n) is 5.03. The van der Waals surface area contributed by atoms with Gasteiger partial charge in [-0.25, -0.2) is 9.97 Å². The van der Waals surface area contributed by atoms with E-state index in [2.05, 4.69) is 14.9 Å². The summed E-state index contributed by atoms with van der Waals surface area (Å²) < 4.78 is 38.0. The molecular formula is C12H16ClF3N4. The Kier molecular flexibility index (Phi) is 4.39. The van der Waals surface area contributed by atoms with E-state index < -0.39 is 12.0 Å². The lowest BCUT2D eigenvalue weighted by Crippen LogP contribution is -2.37. The predicted molar refractivity (Wildman–Crippen MR) is 71.0 cm³/mol. The van der Waals surface area contributed by atoms with Gasteiger partial charge in [0.15, 0.2) is 0 Å². The van der Waals surface area contributed by atoms with Crippen LogP contribution in [0.25, 0.3) is 0 Å². The number of rotatable bonds is 3. The maximum absolute atomic E-state index is 12.7. The van der Waals surface area contributed by atoms with E-state index in [9.17, 15) is 13.2 Å². The summed E-state index contributed by atoms with van der Waals surface area (Å²) in [6, 6.07) is 1.68. The van der Waals surface area contributed by atoms with Crippen LogP contribution < -0.4 is 4.90 Å². The minimum Gasteiger partial charge on any atom is -0.358 e. The lowest BCUT2D eigenvalue weighted by atomic mass is 10.2. The van der Waals surface area contributed by atoms with Gasteiger partial charge in [-0.2, -0.15) is 13.2 Å². The fourth-order valence-electron chi connectivity index (χ4n) is 2.35. The zero-order valence-corrected chi connectivity index (χ0v) is 12.0. The lowest BCUT2D eigenvalue weighted by Gasteiger charge is -2.26. The van der Waals surface area contributed by atoms with E-state index in [0.29, 0.717) is 12.6 Å². The first kappa shape index (κ1) is 15.3. The highest BCUT2D eigenvalue weighted by molar-refractivity contribution is 6.29. The highest BCUT2D eigenvalue weighted by Gasteiger charge is 2.35. The Morgan fingerprint density at radius 3 is 2.70 bits per heavy atom. The average molecular weight is 309 g/mol. The maximum atomic E-state index is 12.7. The minimum absolute atomic E-state index is 0.192. The molecule has 1 aliphatic heterocycles. The van der Waals surface area contributed by atoms with Gasteiger partial charge in [0.1, 0.15) is 11.0 Å². The minimum atomic E-state index is -4.59. The van der Waals surface area contributed by atoms with Crippen LogP contribution in [0.1, 0.15) is 18.7 Å². The molecule has 1 aromatic rings. The fraction of sp³-hybridized carbons (Fsp3) is 0.667. The van der Waals surface area contributed by atoms with Crippen molar-refractivity contribution in [1.82, 2.24) is 14.9 Å². The first-order valence-corrected chi connectivity index (χ1v) is 6.68. The van der Waals surface area contributed by atoms with Crippen molar-refractivity contribution in [2.24, 2.45) is 0 Å². The Morgan fingerprint density at radius 2 is 2.15 bits per heavy atom. The van der Waals surface area contributed by atoms with Gasteiger partial charge in [0.2, 0.25) is 5.82 Å². The van der Waals surface area contributed by atoms with Crippen molar-refractivity contribution in [1.29, 1.82) is 0 Å². The summed E-state index contributed by atoms with van der Waals surface area (Å²) in [7, 11) is 3.73. The van der Waals surface area contributed by atoms with Crippen molar-refractivity contribution in [2.45, 2.75) is 25.1 Å². The molecule has 0 radical (unpaired) electrons. The molecule has 1 saturated heterocycles. The topological polar surface area (TPSA) is 32.3 Å². The van der Waals surface area contributed by atoms with Crippen molar-refractivity contribution in [3.05, 3.63) is 17.0 Å². The molecule has 1 unspecified atom stereocenters. The molecule has 0 aliphatic carbocycles. The zero-order valence-electron chi connectivity index (χ0n) is 11.3. The van der Waals surface area contributed by atoms with Crippen LogP contribution in [0, 0.1) is 0 Å². The average Bonchev–Trinajstić information content (AvgIpc) is 2.73. The number of aromatic nitrogens is 2. The van der Waals surface area contributed by atoms with Gasteiger partial charge < -0.3 is 9.80 Å². The Labute approximate surface area is 120 Å². The van der Waals surface area contributed by atoms with Crippen molar-refractivity contribution in [3.63, 3.8) is 0 Å². The van der Waals surface area contributed by atoms with E-state index in [1.54, 1.807) is 11.9 Å². The molecule has 0 amide bonds. The molecule has 2 heterocycles. The first-order valence-electron chi connectivity index (χ1n) is 6.30. The molecule has 0 aromatic carbocycles. The van der Waals surface area contributed by atoms with Crippen molar-refractivity contribution in [3.8, 4) is 0 Å². The molecular weight excluding hydrogens is 293 g/mol. The smallest absolute Gasteiger partial charge is 0.358 e. The number of likely N-dealkylation sites (N-methyl/N-ethyl adjacent to an activating group) is 2. The summed E-state index contributed by atoms with van der Waals surface area (Å²) in [5.74, 6) is -1.01. The number of hydrogen-bond donors (Lipinski definition) is 0. The van der Waals surface area contributed by atoms with Crippen LogP contribution in [0.15, 0.2) is 6.07 Å². The molecule has 1 fully saturated rings. The van der Waals surface area contributed by atoms with Crippen molar-refractivity contribution < 1.29 is 13.2 Å². The number of anilines is 1. The van der Waals surface area contributed by atoms with E-state index in [4.69, 9.17) is 11.6 Å². The van der Waals surface area contributed by atoms with E-state index >= 15 is 0 Å². The Balaban J connectivity index is 2.17. The summed E-state index contributed by atoms with van der Waals surface area (Å²) in [6.07, 6.45) is -2.45. The van der Waals surface area contributed by atoms with Crippen LogP contribution in [0.5, 0.6) is 0 Å². The van der Waals surface area contributed by atoms with Gasteiger partial charge >= 0.3 is 6.18 Å². The second-order valence-corrected chi connectivity index (χ2v) is 5.41. The Hall–Kier alpha value is -1.08. The molecule has 112 valence electrons. The molecule has 1 aromatic heterocycles. The molecule has 1 atom stereocenters. The number of likely N-dealkylation sites (tertiary alicyclic amines) is 1. The molecule has 0 N–H and O–H groups in total. The van der Waals surface area contributed by atoms with Crippen LogP contribution in [0.3, 0.4) is 0 Å². The molecule has 20 heavy (non-hydrogen) atoms. The van der Waals surface area contributed by atoms with Crippen LogP contribution in [0.4, 0.5) is 19.0 Å². The maximum Gasteiger partial charge on any atom is 0.451 e. The molecule has 8 heteroatoms. The second kappa shape index (κ2) is 5.73. The summed E-state index contributed by atoms with van der Waals surface area (Å²) in [5.41, 5.74) is 0. The summed E-state index contributed by atoms with van der Waals surface area (Å²) in [6.45, 7) is 1.62. The van der Waals surface area contributed by atoms with E-state index in [0.717, 1.165) is 19.4 Å².